The highest BCUT2D eigenvalue weighted by Crippen LogP contribution is 2.30. The molecule has 7 nitrogen and oxygen atoms in total. The molecule has 2 heterocycles. The summed E-state index contributed by atoms with van der Waals surface area (Å²) in [6.45, 7) is 4.04. The second kappa shape index (κ2) is 7.61. The van der Waals surface area contributed by atoms with Crippen LogP contribution in [0.2, 0.25) is 0 Å². The summed E-state index contributed by atoms with van der Waals surface area (Å²) in [4.78, 5) is 17.1. The van der Waals surface area contributed by atoms with Gasteiger partial charge in [-0.1, -0.05) is 0 Å². The van der Waals surface area contributed by atoms with Crippen LogP contribution in [0.15, 0.2) is 0 Å². The van der Waals surface area contributed by atoms with Gasteiger partial charge < -0.3 is 15.8 Å². The van der Waals surface area contributed by atoms with Crippen LogP contribution in [0.25, 0.3) is 11.0 Å². The number of nitrogens with zero attached hydrogens (tertiary/aromatic N) is 3. The van der Waals surface area contributed by atoms with Crippen molar-refractivity contribution in [2.45, 2.75) is 64.5 Å². The van der Waals surface area contributed by atoms with E-state index in [0.29, 0.717) is 24.8 Å². The van der Waals surface area contributed by atoms with Crippen LogP contribution in [0.1, 0.15) is 48.9 Å². The second-order valence-corrected chi connectivity index (χ2v) is 7.31. The number of nitrogens with one attached hydrogen (secondary N) is 1. The van der Waals surface area contributed by atoms with Crippen LogP contribution >= 0.6 is 0 Å². The largest absolute Gasteiger partial charge is 0.479 e. The Kier molecular flexibility index (Phi) is 5.46. The first-order chi connectivity index (χ1) is 12.4. The van der Waals surface area contributed by atoms with E-state index in [4.69, 9.17) is 10.5 Å². The van der Waals surface area contributed by atoms with E-state index in [-0.39, 0.29) is 11.9 Å². The molecule has 0 aromatic carbocycles. The molecule has 0 radical (unpaired) electrons. The van der Waals surface area contributed by atoms with Crippen LogP contribution in [0.3, 0.4) is 0 Å². The highest BCUT2D eigenvalue weighted by molar-refractivity contribution is 5.86. The summed E-state index contributed by atoms with van der Waals surface area (Å²) < 4.78 is 7.13. The zero-order valence-corrected chi connectivity index (χ0v) is 16.1. The van der Waals surface area contributed by atoms with Crippen molar-refractivity contribution < 1.29 is 9.53 Å². The lowest BCUT2D eigenvalue weighted by Gasteiger charge is -2.26. The third-order valence-corrected chi connectivity index (χ3v) is 5.46. The highest BCUT2D eigenvalue weighted by atomic mass is 16.5. The molecular formula is C19H29N5O2. The molecule has 1 aliphatic rings. The van der Waals surface area contributed by atoms with Gasteiger partial charge in [0.2, 0.25) is 11.8 Å². The van der Waals surface area contributed by atoms with E-state index >= 15 is 0 Å². The molecule has 0 atom stereocenters. The zero-order chi connectivity index (χ0) is 18.8. The van der Waals surface area contributed by atoms with Gasteiger partial charge in [-0.2, -0.15) is 0 Å². The fraction of sp³-hybridized carbons (Fsp3) is 0.632. The molecule has 2 aromatic heterocycles. The van der Waals surface area contributed by atoms with Gasteiger partial charge >= 0.3 is 0 Å². The molecule has 1 saturated carbocycles. The van der Waals surface area contributed by atoms with Crippen molar-refractivity contribution in [1.82, 2.24) is 20.1 Å². The Labute approximate surface area is 154 Å². The number of aryl methyl sites for hydroxylation is 3. The summed E-state index contributed by atoms with van der Waals surface area (Å²) in [5.41, 5.74) is 9.87. The molecule has 1 amide bonds. The minimum Gasteiger partial charge on any atom is -0.479 e. The molecule has 0 saturated heterocycles. The minimum absolute atomic E-state index is 0.0996. The number of aromatic nitrogens is 3. The number of amides is 1. The SMILES string of the molecule is COc1nn(C)c2nc(C)c(CCC(=O)NC3CCC(N)CC3)c(C)c12. The molecule has 2 aromatic rings. The number of pyridine rings is 1. The van der Waals surface area contributed by atoms with Gasteiger partial charge in [0.05, 0.1) is 12.5 Å². The predicted molar refractivity (Wildman–Crippen MR) is 101 cm³/mol. The summed E-state index contributed by atoms with van der Waals surface area (Å²) in [7, 11) is 3.48. The molecule has 142 valence electrons. The number of hydrogen-bond donors (Lipinski definition) is 2. The van der Waals surface area contributed by atoms with E-state index in [1.165, 1.54) is 0 Å². The maximum absolute atomic E-state index is 12.4. The number of fused-ring (bicyclic) bond motifs is 1. The normalized spacial score (nSPS) is 20.3. The van der Waals surface area contributed by atoms with Crippen molar-refractivity contribution in [2.75, 3.05) is 7.11 Å². The predicted octanol–water partition coefficient (Wildman–Crippen LogP) is 1.91. The van der Waals surface area contributed by atoms with Gasteiger partial charge in [-0.25, -0.2) is 9.67 Å². The number of rotatable bonds is 5. The van der Waals surface area contributed by atoms with Gasteiger partial charge in [0.1, 0.15) is 0 Å². The first-order valence-corrected chi connectivity index (χ1v) is 9.32. The molecule has 7 heteroatoms. The van der Waals surface area contributed by atoms with Crippen LogP contribution in [0, 0.1) is 13.8 Å². The Bertz CT molecular complexity index is 806. The lowest BCUT2D eigenvalue weighted by molar-refractivity contribution is -0.122. The van der Waals surface area contributed by atoms with Crippen molar-refractivity contribution in [3.63, 3.8) is 0 Å². The van der Waals surface area contributed by atoms with E-state index in [1.54, 1.807) is 11.8 Å². The van der Waals surface area contributed by atoms with Crippen LogP contribution in [-0.4, -0.2) is 39.9 Å². The highest BCUT2D eigenvalue weighted by Gasteiger charge is 2.21. The topological polar surface area (TPSA) is 95.1 Å². The van der Waals surface area contributed by atoms with Gasteiger partial charge in [-0.15, -0.1) is 5.10 Å². The average molecular weight is 359 g/mol. The lowest BCUT2D eigenvalue weighted by Crippen LogP contribution is -2.40. The number of nitrogens with two attached hydrogens (primary N) is 1. The number of ether oxygens (including phenoxy) is 1. The molecule has 26 heavy (non-hydrogen) atoms. The fourth-order valence-corrected chi connectivity index (χ4v) is 3.91. The van der Waals surface area contributed by atoms with Gasteiger partial charge in [-0.3, -0.25) is 4.79 Å². The summed E-state index contributed by atoms with van der Waals surface area (Å²) in [5, 5.41) is 8.46. The quantitative estimate of drug-likeness (QED) is 0.850. The van der Waals surface area contributed by atoms with E-state index in [0.717, 1.165) is 53.5 Å². The smallest absolute Gasteiger partial charge is 0.242 e. The van der Waals surface area contributed by atoms with Crippen molar-refractivity contribution in [3.8, 4) is 5.88 Å². The van der Waals surface area contributed by atoms with Crippen LogP contribution in [0.5, 0.6) is 5.88 Å². The number of hydrogen-bond acceptors (Lipinski definition) is 5. The summed E-state index contributed by atoms with van der Waals surface area (Å²) in [5.74, 6) is 0.680. The Morgan fingerprint density at radius 3 is 2.65 bits per heavy atom. The molecular weight excluding hydrogens is 330 g/mol. The Hall–Kier alpha value is -2.15. The third-order valence-electron chi connectivity index (χ3n) is 5.46. The minimum atomic E-state index is 0.0996. The number of methoxy groups -OCH3 is 1. The molecule has 3 rings (SSSR count). The summed E-state index contributed by atoms with van der Waals surface area (Å²) >= 11 is 0. The van der Waals surface area contributed by atoms with Gasteiger partial charge in [0, 0.05) is 31.2 Å². The third kappa shape index (κ3) is 3.67. The molecule has 0 spiro atoms. The Balaban J connectivity index is 1.71. The van der Waals surface area contributed by atoms with E-state index in [2.05, 4.69) is 22.3 Å². The van der Waals surface area contributed by atoms with Gasteiger partial charge in [0.25, 0.3) is 0 Å². The standard InChI is InChI=1S/C19H29N5O2/c1-11-15(9-10-16(25)22-14-7-5-13(20)6-8-14)12(2)21-18-17(11)19(26-4)23-24(18)3/h13-14H,5-10,20H2,1-4H3,(H,22,25). The zero-order valence-electron chi connectivity index (χ0n) is 16.1. The fourth-order valence-electron chi connectivity index (χ4n) is 3.91. The summed E-state index contributed by atoms with van der Waals surface area (Å²) in [6.07, 6.45) is 5.06. The van der Waals surface area contributed by atoms with Crippen molar-refractivity contribution in [1.29, 1.82) is 0 Å². The number of carbonyl (C=O) groups is 1. The van der Waals surface area contributed by atoms with Crippen LogP contribution in [0.4, 0.5) is 0 Å². The maximum Gasteiger partial charge on any atom is 0.242 e. The Morgan fingerprint density at radius 1 is 1.31 bits per heavy atom. The molecule has 1 aliphatic carbocycles. The molecule has 0 bridgehead atoms. The van der Waals surface area contributed by atoms with Crippen molar-refractivity contribution >= 4 is 16.9 Å². The van der Waals surface area contributed by atoms with E-state index < -0.39 is 0 Å². The van der Waals surface area contributed by atoms with Crippen molar-refractivity contribution in [3.05, 3.63) is 16.8 Å². The first-order valence-electron chi connectivity index (χ1n) is 9.32. The second-order valence-electron chi connectivity index (χ2n) is 7.31. The van der Waals surface area contributed by atoms with Crippen LogP contribution < -0.4 is 15.8 Å². The average Bonchev–Trinajstić information content (AvgIpc) is 2.93. The Morgan fingerprint density at radius 2 is 2.00 bits per heavy atom. The summed E-state index contributed by atoms with van der Waals surface area (Å²) in [6, 6.07) is 0.559. The monoisotopic (exact) mass is 359 g/mol. The lowest BCUT2D eigenvalue weighted by atomic mass is 9.91. The van der Waals surface area contributed by atoms with E-state index in [1.807, 2.05) is 14.0 Å². The molecule has 1 fully saturated rings. The van der Waals surface area contributed by atoms with Crippen molar-refractivity contribution in [2.24, 2.45) is 12.8 Å². The van der Waals surface area contributed by atoms with Gasteiger partial charge in [0.15, 0.2) is 5.65 Å². The van der Waals surface area contributed by atoms with Gasteiger partial charge in [-0.05, 0) is 57.1 Å². The number of carbonyl (C=O) groups excluding carboxylic acids is 1. The van der Waals surface area contributed by atoms with E-state index in [9.17, 15) is 4.79 Å². The maximum atomic E-state index is 12.4. The molecule has 0 unspecified atom stereocenters. The molecule has 3 N–H and O–H groups in total. The van der Waals surface area contributed by atoms with Crippen LogP contribution in [-0.2, 0) is 18.3 Å². The molecule has 0 aliphatic heterocycles. The first kappa shape index (κ1) is 18.6.